The second-order valence-corrected chi connectivity index (χ2v) is 5.72. The van der Waals surface area contributed by atoms with Crippen molar-refractivity contribution in [2.24, 2.45) is 0 Å². The summed E-state index contributed by atoms with van der Waals surface area (Å²) in [6.45, 7) is 8.24. The van der Waals surface area contributed by atoms with Crippen LogP contribution in [-0.4, -0.2) is 43.2 Å². The van der Waals surface area contributed by atoms with Crippen molar-refractivity contribution >= 4 is 13.6 Å². The zero-order valence-corrected chi connectivity index (χ0v) is 11.9. The summed E-state index contributed by atoms with van der Waals surface area (Å²) in [7, 11) is -3.35. The van der Waals surface area contributed by atoms with E-state index in [1.165, 1.54) is 6.92 Å². The Labute approximate surface area is 107 Å². The van der Waals surface area contributed by atoms with Gasteiger partial charge in [-0.3, -0.25) is 4.57 Å². The fraction of sp³-hybridized carbons (Fsp3) is 0.727. The van der Waals surface area contributed by atoms with Crippen LogP contribution < -0.4 is 0 Å². The molecule has 0 spiro atoms. The molecule has 0 aliphatic heterocycles. The monoisotopic (exact) mass is 280 g/mol. The van der Waals surface area contributed by atoms with Gasteiger partial charge < -0.3 is 18.9 Å². The van der Waals surface area contributed by atoms with Crippen LogP contribution in [0.3, 0.4) is 0 Å². The quantitative estimate of drug-likeness (QED) is 0.393. The molecule has 0 amide bonds. The SMILES string of the molecule is C=C(C)C(=O)OC(CO)CP(=O)(OCC)OCC. The first-order valence-corrected chi connectivity index (χ1v) is 7.46. The maximum Gasteiger partial charge on any atom is 0.334 e. The largest absolute Gasteiger partial charge is 0.456 e. The van der Waals surface area contributed by atoms with E-state index in [2.05, 4.69) is 6.58 Å². The maximum absolute atomic E-state index is 12.2. The standard InChI is InChI=1S/C11H21O6P/c1-5-15-18(14,16-6-2)8-10(7-12)17-11(13)9(3)4/h10,12H,3,5-8H2,1-2,4H3. The highest BCUT2D eigenvalue weighted by Gasteiger charge is 2.30. The Hall–Kier alpha value is -0.680. The van der Waals surface area contributed by atoms with Gasteiger partial charge >= 0.3 is 13.6 Å². The second kappa shape index (κ2) is 8.43. The van der Waals surface area contributed by atoms with E-state index in [4.69, 9.17) is 18.9 Å². The highest BCUT2D eigenvalue weighted by atomic mass is 31.2. The molecule has 0 aromatic heterocycles. The minimum atomic E-state index is -3.35. The number of aliphatic hydroxyl groups is 1. The zero-order chi connectivity index (χ0) is 14.2. The summed E-state index contributed by atoms with van der Waals surface area (Å²) in [5, 5.41) is 9.12. The molecule has 0 heterocycles. The van der Waals surface area contributed by atoms with Gasteiger partial charge in [-0.1, -0.05) is 6.58 Å². The molecule has 6 nitrogen and oxygen atoms in total. The predicted molar refractivity (Wildman–Crippen MR) is 67.5 cm³/mol. The Morgan fingerprint density at radius 1 is 1.33 bits per heavy atom. The lowest BCUT2D eigenvalue weighted by Gasteiger charge is -2.22. The fourth-order valence-corrected chi connectivity index (χ4v) is 2.93. The maximum atomic E-state index is 12.2. The topological polar surface area (TPSA) is 82.1 Å². The summed E-state index contributed by atoms with van der Waals surface area (Å²) in [4.78, 5) is 11.3. The van der Waals surface area contributed by atoms with Gasteiger partial charge in [0.05, 0.1) is 26.0 Å². The van der Waals surface area contributed by atoms with Gasteiger partial charge in [0.2, 0.25) is 0 Å². The first kappa shape index (κ1) is 17.3. The van der Waals surface area contributed by atoms with E-state index < -0.39 is 26.3 Å². The molecule has 0 aliphatic carbocycles. The molecule has 0 saturated carbocycles. The number of ether oxygens (including phenoxy) is 1. The minimum Gasteiger partial charge on any atom is -0.456 e. The first-order chi connectivity index (χ1) is 8.38. The van der Waals surface area contributed by atoms with E-state index in [0.29, 0.717) is 0 Å². The van der Waals surface area contributed by atoms with Gasteiger partial charge in [-0.2, -0.15) is 0 Å². The molecule has 0 rings (SSSR count). The summed E-state index contributed by atoms with van der Waals surface area (Å²) in [5.41, 5.74) is 0.205. The van der Waals surface area contributed by atoms with E-state index in [-0.39, 0.29) is 24.9 Å². The lowest BCUT2D eigenvalue weighted by atomic mass is 10.3. The van der Waals surface area contributed by atoms with E-state index in [1.54, 1.807) is 13.8 Å². The molecule has 0 radical (unpaired) electrons. The third kappa shape index (κ3) is 6.31. The van der Waals surface area contributed by atoms with Crippen LogP contribution in [-0.2, 0) is 23.1 Å². The molecule has 18 heavy (non-hydrogen) atoms. The van der Waals surface area contributed by atoms with Crippen LogP contribution in [0.25, 0.3) is 0 Å². The molecule has 1 unspecified atom stereocenters. The number of carbonyl (C=O) groups excluding carboxylic acids is 1. The van der Waals surface area contributed by atoms with Gasteiger partial charge in [0.15, 0.2) is 0 Å². The lowest BCUT2D eigenvalue weighted by Crippen LogP contribution is -2.27. The average Bonchev–Trinajstić information content (AvgIpc) is 2.28. The molecular formula is C11H21O6P. The smallest absolute Gasteiger partial charge is 0.334 e. The van der Waals surface area contributed by atoms with E-state index >= 15 is 0 Å². The van der Waals surface area contributed by atoms with Crippen LogP contribution >= 0.6 is 7.60 Å². The number of esters is 1. The molecule has 0 aliphatic rings. The van der Waals surface area contributed by atoms with Gasteiger partial charge in [-0.15, -0.1) is 0 Å². The molecule has 1 N–H and O–H groups in total. The van der Waals surface area contributed by atoms with Crippen LogP contribution in [0.1, 0.15) is 20.8 Å². The summed E-state index contributed by atoms with van der Waals surface area (Å²) >= 11 is 0. The van der Waals surface area contributed by atoms with Crippen LogP contribution in [0.2, 0.25) is 0 Å². The Bertz CT molecular complexity index is 317. The number of rotatable bonds is 9. The van der Waals surface area contributed by atoms with Crippen LogP contribution in [0, 0.1) is 0 Å². The molecule has 0 fully saturated rings. The molecular weight excluding hydrogens is 259 g/mol. The normalized spacial score (nSPS) is 13.1. The van der Waals surface area contributed by atoms with E-state index in [1.807, 2.05) is 0 Å². The molecule has 0 saturated heterocycles. The van der Waals surface area contributed by atoms with Crippen molar-refractivity contribution in [1.29, 1.82) is 0 Å². The number of hydrogen-bond acceptors (Lipinski definition) is 6. The Balaban J connectivity index is 4.61. The number of aliphatic hydroxyl groups excluding tert-OH is 1. The van der Waals surface area contributed by atoms with Crippen molar-refractivity contribution in [3.63, 3.8) is 0 Å². The number of carbonyl (C=O) groups is 1. The molecule has 0 aromatic carbocycles. The van der Waals surface area contributed by atoms with Gasteiger partial charge in [-0.05, 0) is 20.8 Å². The third-order valence-corrected chi connectivity index (χ3v) is 4.06. The molecule has 106 valence electrons. The van der Waals surface area contributed by atoms with Gasteiger partial charge in [-0.25, -0.2) is 4.79 Å². The third-order valence-electron chi connectivity index (χ3n) is 1.90. The van der Waals surface area contributed by atoms with Crippen LogP contribution in [0.15, 0.2) is 12.2 Å². The van der Waals surface area contributed by atoms with Gasteiger partial charge in [0.1, 0.15) is 6.10 Å². The predicted octanol–water partition coefficient (Wildman–Crippen LogP) is 1.73. The zero-order valence-electron chi connectivity index (χ0n) is 11.0. The van der Waals surface area contributed by atoms with Gasteiger partial charge in [0.25, 0.3) is 0 Å². The van der Waals surface area contributed by atoms with Crippen molar-refractivity contribution in [3.8, 4) is 0 Å². The van der Waals surface area contributed by atoms with Crippen LogP contribution in [0.4, 0.5) is 0 Å². The second-order valence-electron chi connectivity index (χ2n) is 3.62. The molecule has 1 atom stereocenters. The molecule has 7 heteroatoms. The highest BCUT2D eigenvalue weighted by molar-refractivity contribution is 7.53. The lowest BCUT2D eigenvalue weighted by molar-refractivity contribution is -0.145. The van der Waals surface area contributed by atoms with Crippen LogP contribution in [0.5, 0.6) is 0 Å². The minimum absolute atomic E-state index is 0.176. The highest BCUT2D eigenvalue weighted by Crippen LogP contribution is 2.48. The first-order valence-electron chi connectivity index (χ1n) is 5.74. The van der Waals surface area contributed by atoms with Crippen molar-refractivity contribution in [2.75, 3.05) is 26.0 Å². The summed E-state index contributed by atoms with van der Waals surface area (Å²) < 4.78 is 27.2. The summed E-state index contributed by atoms with van der Waals surface area (Å²) in [6, 6.07) is 0. The number of hydrogen-bond donors (Lipinski definition) is 1. The Morgan fingerprint density at radius 3 is 2.17 bits per heavy atom. The van der Waals surface area contributed by atoms with E-state index in [9.17, 15) is 9.36 Å². The van der Waals surface area contributed by atoms with Crippen molar-refractivity contribution in [3.05, 3.63) is 12.2 Å². The molecule has 0 aromatic rings. The summed E-state index contributed by atoms with van der Waals surface area (Å²) in [6.07, 6.45) is -1.11. The molecule has 0 bridgehead atoms. The fourth-order valence-electron chi connectivity index (χ4n) is 1.17. The average molecular weight is 280 g/mol. The summed E-state index contributed by atoms with van der Waals surface area (Å²) in [5.74, 6) is -0.645. The Kier molecular flexibility index (Phi) is 8.11. The van der Waals surface area contributed by atoms with Crippen molar-refractivity contribution < 1.29 is 28.3 Å². The van der Waals surface area contributed by atoms with Gasteiger partial charge in [0, 0.05) is 5.57 Å². The van der Waals surface area contributed by atoms with E-state index in [0.717, 1.165) is 0 Å². The van der Waals surface area contributed by atoms with Crippen molar-refractivity contribution in [1.82, 2.24) is 0 Å². The Morgan fingerprint density at radius 2 is 1.83 bits per heavy atom. The van der Waals surface area contributed by atoms with Crippen molar-refractivity contribution in [2.45, 2.75) is 26.9 Å².